The molecule has 1 aliphatic heterocycles. The molecule has 0 aromatic heterocycles. The highest BCUT2D eigenvalue weighted by Crippen LogP contribution is 2.19. The topological polar surface area (TPSA) is 66.9 Å². The summed E-state index contributed by atoms with van der Waals surface area (Å²) in [6.07, 6.45) is 0. The Labute approximate surface area is 151 Å². The van der Waals surface area contributed by atoms with E-state index in [0.717, 1.165) is 12.1 Å². The van der Waals surface area contributed by atoms with Gasteiger partial charge in [0.25, 0.3) is 5.91 Å². The van der Waals surface area contributed by atoms with E-state index < -0.39 is 15.8 Å². The van der Waals surface area contributed by atoms with Crippen LogP contribution in [0.2, 0.25) is 0 Å². The predicted octanol–water partition coefficient (Wildman–Crippen LogP) is 1.98. The van der Waals surface area contributed by atoms with Gasteiger partial charge in [-0.1, -0.05) is 0 Å². The van der Waals surface area contributed by atoms with Crippen LogP contribution in [-0.2, 0) is 10.0 Å². The van der Waals surface area contributed by atoms with Crippen molar-refractivity contribution in [1.82, 2.24) is 9.21 Å². The molecule has 6 nitrogen and oxygen atoms in total. The van der Waals surface area contributed by atoms with Crippen LogP contribution in [0.3, 0.4) is 0 Å². The largest absolute Gasteiger partial charge is 0.497 e. The van der Waals surface area contributed by atoms with Gasteiger partial charge in [-0.05, 0) is 48.5 Å². The fourth-order valence-corrected chi connectivity index (χ4v) is 4.23. The van der Waals surface area contributed by atoms with Crippen LogP contribution in [0.25, 0.3) is 0 Å². The van der Waals surface area contributed by atoms with Crippen LogP contribution in [0.15, 0.2) is 53.4 Å². The Bertz CT molecular complexity index is 874. The molecular weight excluding hydrogens is 359 g/mol. The third-order valence-electron chi connectivity index (χ3n) is 4.31. The number of carbonyl (C=O) groups excluding carboxylic acids is 1. The molecule has 2 aromatic carbocycles. The van der Waals surface area contributed by atoms with E-state index in [4.69, 9.17) is 4.74 Å². The van der Waals surface area contributed by atoms with Gasteiger partial charge in [-0.2, -0.15) is 4.31 Å². The van der Waals surface area contributed by atoms with Gasteiger partial charge in [0.2, 0.25) is 10.0 Å². The molecule has 26 heavy (non-hydrogen) atoms. The second kappa shape index (κ2) is 7.43. The minimum Gasteiger partial charge on any atom is -0.497 e. The molecule has 8 heteroatoms. The highest BCUT2D eigenvalue weighted by molar-refractivity contribution is 7.89. The molecule has 0 aliphatic carbocycles. The van der Waals surface area contributed by atoms with Crippen molar-refractivity contribution in [2.75, 3.05) is 33.3 Å². The maximum atomic E-state index is 13.0. The van der Waals surface area contributed by atoms with Crippen molar-refractivity contribution in [2.45, 2.75) is 4.90 Å². The quantitative estimate of drug-likeness (QED) is 0.816. The van der Waals surface area contributed by atoms with E-state index in [2.05, 4.69) is 0 Å². The zero-order valence-corrected chi connectivity index (χ0v) is 15.1. The third kappa shape index (κ3) is 3.71. The zero-order chi connectivity index (χ0) is 18.7. The minimum absolute atomic E-state index is 0.0498. The smallest absolute Gasteiger partial charge is 0.253 e. The molecule has 1 aliphatic rings. The van der Waals surface area contributed by atoms with Crippen LogP contribution in [0, 0.1) is 5.82 Å². The molecule has 0 spiro atoms. The Morgan fingerprint density at radius 1 is 0.962 bits per heavy atom. The summed E-state index contributed by atoms with van der Waals surface area (Å²) < 4.78 is 44.6. The van der Waals surface area contributed by atoms with Gasteiger partial charge in [-0.25, -0.2) is 12.8 Å². The second-order valence-corrected chi connectivity index (χ2v) is 7.82. The van der Waals surface area contributed by atoms with E-state index in [1.165, 1.54) is 16.4 Å². The number of amides is 1. The number of sulfonamides is 1. The molecule has 3 rings (SSSR count). The van der Waals surface area contributed by atoms with Crippen molar-refractivity contribution >= 4 is 15.9 Å². The fraction of sp³-hybridized carbons (Fsp3) is 0.278. The lowest BCUT2D eigenvalue weighted by Gasteiger charge is -2.34. The van der Waals surface area contributed by atoms with Gasteiger partial charge >= 0.3 is 0 Å². The Morgan fingerprint density at radius 3 is 2.08 bits per heavy atom. The first kappa shape index (κ1) is 18.3. The number of methoxy groups -OCH3 is 1. The lowest BCUT2D eigenvalue weighted by molar-refractivity contribution is 0.0698. The first-order valence-corrected chi connectivity index (χ1v) is 9.55. The average molecular weight is 378 g/mol. The van der Waals surface area contributed by atoms with Crippen molar-refractivity contribution in [1.29, 1.82) is 0 Å². The van der Waals surface area contributed by atoms with E-state index in [9.17, 15) is 17.6 Å². The molecular formula is C18H19FN2O4S. The second-order valence-electron chi connectivity index (χ2n) is 5.88. The summed E-state index contributed by atoms with van der Waals surface area (Å²) in [5.74, 6) is 0.0297. The number of carbonyl (C=O) groups is 1. The van der Waals surface area contributed by atoms with Gasteiger partial charge in [0, 0.05) is 31.7 Å². The standard InChI is InChI=1S/C18H19FN2O4S/c1-25-16-6-2-14(3-7-16)18(22)20-10-12-21(13-11-20)26(23,24)17-8-4-15(19)5-9-17/h2-9H,10-13H2,1H3. The van der Waals surface area contributed by atoms with E-state index >= 15 is 0 Å². The predicted molar refractivity (Wildman–Crippen MR) is 94.1 cm³/mol. The number of ether oxygens (including phenoxy) is 1. The fourth-order valence-electron chi connectivity index (χ4n) is 2.80. The van der Waals surface area contributed by atoms with Crippen LogP contribution in [-0.4, -0.2) is 56.8 Å². The van der Waals surface area contributed by atoms with E-state index in [1.54, 1.807) is 36.3 Å². The number of rotatable bonds is 4. The number of hydrogen-bond acceptors (Lipinski definition) is 4. The molecule has 1 heterocycles. The van der Waals surface area contributed by atoms with E-state index in [-0.39, 0.29) is 23.9 Å². The average Bonchev–Trinajstić information content (AvgIpc) is 2.68. The van der Waals surface area contributed by atoms with Crippen molar-refractivity contribution in [3.05, 3.63) is 59.9 Å². The number of benzene rings is 2. The van der Waals surface area contributed by atoms with Crippen LogP contribution in [0.1, 0.15) is 10.4 Å². The molecule has 0 unspecified atom stereocenters. The van der Waals surface area contributed by atoms with E-state index in [1.807, 2.05) is 0 Å². The summed E-state index contributed by atoms with van der Waals surface area (Å²) in [5, 5.41) is 0. The Balaban J connectivity index is 1.66. The Kier molecular flexibility index (Phi) is 5.24. The maximum Gasteiger partial charge on any atom is 0.253 e. The summed E-state index contributed by atoms with van der Waals surface area (Å²) in [6.45, 7) is 0.986. The summed E-state index contributed by atoms with van der Waals surface area (Å²) in [7, 11) is -2.14. The van der Waals surface area contributed by atoms with Crippen LogP contribution >= 0.6 is 0 Å². The lowest BCUT2D eigenvalue weighted by atomic mass is 10.2. The van der Waals surface area contributed by atoms with Crippen molar-refractivity contribution in [3.63, 3.8) is 0 Å². The van der Waals surface area contributed by atoms with Gasteiger partial charge in [0.15, 0.2) is 0 Å². The van der Waals surface area contributed by atoms with Crippen LogP contribution < -0.4 is 4.74 Å². The highest BCUT2D eigenvalue weighted by atomic mass is 32.2. The van der Waals surface area contributed by atoms with Crippen molar-refractivity contribution in [2.24, 2.45) is 0 Å². The van der Waals surface area contributed by atoms with Crippen LogP contribution in [0.4, 0.5) is 4.39 Å². The highest BCUT2D eigenvalue weighted by Gasteiger charge is 2.30. The summed E-state index contributed by atoms with van der Waals surface area (Å²) in [5.41, 5.74) is 0.528. The molecule has 138 valence electrons. The summed E-state index contributed by atoms with van der Waals surface area (Å²) in [6, 6.07) is 11.5. The molecule has 0 saturated carbocycles. The first-order chi connectivity index (χ1) is 12.4. The molecule has 2 aromatic rings. The molecule has 1 amide bonds. The van der Waals surface area contributed by atoms with Gasteiger partial charge in [0.1, 0.15) is 11.6 Å². The third-order valence-corrected chi connectivity index (χ3v) is 6.23. The summed E-state index contributed by atoms with van der Waals surface area (Å²) in [4.78, 5) is 14.2. The monoisotopic (exact) mass is 378 g/mol. The van der Waals surface area contributed by atoms with Crippen LogP contribution in [0.5, 0.6) is 5.75 Å². The zero-order valence-electron chi connectivity index (χ0n) is 14.3. The van der Waals surface area contributed by atoms with Gasteiger partial charge < -0.3 is 9.64 Å². The number of hydrogen-bond donors (Lipinski definition) is 0. The molecule has 0 bridgehead atoms. The number of piperazine rings is 1. The molecule has 0 atom stereocenters. The number of halogens is 1. The van der Waals surface area contributed by atoms with Crippen molar-refractivity contribution < 1.29 is 22.3 Å². The molecule has 0 N–H and O–H groups in total. The Hall–Kier alpha value is -2.45. The normalized spacial score (nSPS) is 15.7. The number of nitrogens with zero attached hydrogens (tertiary/aromatic N) is 2. The SMILES string of the molecule is COc1ccc(C(=O)N2CCN(S(=O)(=O)c3ccc(F)cc3)CC2)cc1. The molecule has 1 saturated heterocycles. The van der Waals surface area contributed by atoms with Crippen molar-refractivity contribution in [3.8, 4) is 5.75 Å². The van der Waals surface area contributed by atoms with Gasteiger partial charge in [0.05, 0.1) is 12.0 Å². The maximum absolute atomic E-state index is 13.0. The molecule has 0 radical (unpaired) electrons. The minimum atomic E-state index is -3.69. The van der Waals surface area contributed by atoms with Gasteiger partial charge in [-0.15, -0.1) is 0 Å². The molecule has 1 fully saturated rings. The Morgan fingerprint density at radius 2 is 1.54 bits per heavy atom. The van der Waals surface area contributed by atoms with E-state index in [0.29, 0.717) is 24.4 Å². The lowest BCUT2D eigenvalue weighted by Crippen LogP contribution is -2.50. The first-order valence-electron chi connectivity index (χ1n) is 8.11. The van der Waals surface area contributed by atoms with Gasteiger partial charge in [-0.3, -0.25) is 4.79 Å². The summed E-state index contributed by atoms with van der Waals surface area (Å²) >= 11 is 0.